The van der Waals surface area contributed by atoms with E-state index in [0.717, 1.165) is 25.7 Å². The Hall–Kier alpha value is -2.81. The van der Waals surface area contributed by atoms with Crippen molar-refractivity contribution >= 4 is 16.9 Å². The van der Waals surface area contributed by atoms with Crippen LogP contribution in [-0.4, -0.2) is 54.9 Å². The minimum Gasteiger partial charge on any atom is -0.381 e. The number of ether oxygens (including phenoxy) is 1. The van der Waals surface area contributed by atoms with Crippen molar-refractivity contribution in [2.45, 2.75) is 37.8 Å². The maximum atomic E-state index is 12.8. The first-order valence-corrected chi connectivity index (χ1v) is 8.27. The van der Waals surface area contributed by atoms with Crippen LogP contribution >= 0.6 is 0 Å². The van der Waals surface area contributed by atoms with Crippen LogP contribution in [0.1, 0.15) is 36.2 Å². The molecule has 9 nitrogen and oxygen atoms in total. The molecule has 1 amide bonds. The predicted octanol–water partition coefficient (Wildman–Crippen LogP) is 1.23. The van der Waals surface area contributed by atoms with Crippen molar-refractivity contribution < 1.29 is 9.53 Å². The Bertz CT molecular complexity index is 866. The van der Waals surface area contributed by atoms with Gasteiger partial charge in [-0.3, -0.25) is 14.5 Å². The summed E-state index contributed by atoms with van der Waals surface area (Å²) in [5, 5.41) is 9.88. The zero-order valence-corrected chi connectivity index (χ0v) is 13.8. The van der Waals surface area contributed by atoms with Crippen LogP contribution < -0.4 is 5.32 Å². The van der Waals surface area contributed by atoms with Gasteiger partial charge >= 0.3 is 0 Å². The Morgan fingerprint density at radius 1 is 1.32 bits per heavy atom. The van der Waals surface area contributed by atoms with E-state index < -0.39 is 0 Å². The lowest BCUT2D eigenvalue weighted by Gasteiger charge is -2.28. The molecule has 3 aromatic heterocycles. The molecule has 0 aromatic carbocycles. The van der Waals surface area contributed by atoms with Gasteiger partial charge in [0, 0.05) is 25.5 Å². The standard InChI is InChI=1S/C16H19N7O2/c1-25-11-4-2-10(3-5-11)19-15(24)14-13-12(8-18-22-13)20-16(21-14)23-7-6-17-9-23/h6-11H,2-5H2,1H3,(H,18,22)(H,19,24). The number of hydrogen-bond acceptors (Lipinski definition) is 6. The van der Waals surface area contributed by atoms with E-state index in [9.17, 15) is 4.79 Å². The molecule has 0 radical (unpaired) electrons. The second-order valence-electron chi connectivity index (χ2n) is 6.16. The van der Waals surface area contributed by atoms with Crippen LogP contribution in [0.3, 0.4) is 0 Å². The number of imidazole rings is 1. The molecular weight excluding hydrogens is 322 g/mol. The monoisotopic (exact) mass is 341 g/mol. The summed E-state index contributed by atoms with van der Waals surface area (Å²) in [5.41, 5.74) is 1.42. The van der Waals surface area contributed by atoms with Gasteiger partial charge in [0.25, 0.3) is 5.91 Å². The average Bonchev–Trinajstić information content (AvgIpc) is 3.32. The third kappa shape index (κ3) is 3.10. The molecule has 0 spiro atoms. The molecule has 1 fully saturated rings. The van der Waals surface area contributed by atoms with Crippen molar-refractivity contribution in [2.24, 2.45) is 0 Å². The zero-order valence-electron chi connectivity index (χ0n) is 13.8. The first kappa shape index (κ1) is 15.7. The van der Waals surface area contributed by atoms with Gasteiger partial charge in [-0.1, -0.05) is 0 Å². The van der Waals surface area contributed by atoms with Crippen LogP contribution in [0.2, 0.25) is 0 Å². The van der Waals surface area contributed by atoms with Gasteiger partial charge in [0.1, 0.15) is 17.4 Å². The summed E-state index contributed by atoms with van der Waals surface area (Å²) in [6.07, 6.45) is 10.5. The number of aromatic amines is 1. The summed E-state index contributed by atoms with van der Waals surface area (Å²) < 4.78 is 7.04. The summed E-state index contributed by atoms with van der Waals surface area (Å²) in [6.45, 7) is 0. The number of nitrogens with zero attached hydrogens (tertiary/aromatic N) is 5. The van der Waals surface area contributed by atoms with Gasteiger partial charge < -0.3 is 10.1 Å². The highest BCUT2D eigenvalue weighted by molar-refractivity contribution is 6.02. The predicted molar refractivity (Wildman–Crippen MR) is 89.3 cm³/mol. The number of amides is 1. The fourth-order valence-electron chi connectivity index (χ4n) is 3.18. The van der Waals surface area contributed by atoms with Crippen LogP contribution in [0.15, 0.2) is 24.9 Å². The molecule has 3 aromatic rings. The van der Waals surface area contributed by atoms with E-state index >= 15 is 0 Å². The lowest BCUT2D eigenvalue weighted by molar-refractivity contribution is 0.0598. The molecule has 1 aliphatic carbocycles. The van der Waals surface area contributed by atoms with Gasteiger partial charge in [0.2, 0.25) is 5.95 Å². The van der Waals surface area contributed by atoms with E-state index in [1.807, 2.05) is 0 Å². The molecule has 0 unspecified atom stereocenters. The number of methoxy groups -OCH3 is 1. The van der Waals surface area contributed by atoms with Crippen LogP contribution in [0.25, 0.3) is 17.0 Å². The van der Waals surface area contributed by atoms with E-state index in [2.05, 4.69) is 30.5 Å². The van der Waals surface area contributed by atoms with Crippen molar-refractivity contribution in [3.63, 3.8) is 0 Å². The summed E-state index contributed by atoms with van der Waals surface area (Å²) in [7, 11) is 1.73. The number of H-pyrrole nitrogens is 1. The number of aromatic nitrogens is 6. The fourth-order valence-corrected chi connectivity index (χ4v) is 3.18. The fraction of sp³-hybridized carbons (Fsp3) is 0.438. The van der Waals surface area contributed by atoms with Gasteiger partial charge in [-0.25, -0.2) is 15.0 Å². The molecule has 4 rings (SSSR count). The minimum atomic E-state index is -0.223. The van der Waals surface area contributed by atoms with Gasteiger partial charge in [-0.15, -0.1) is 0 Å². The summed E-state index contributed by atoms with van der Waals surface area (Å²) in [4.78, 5) is 25.6. The van der Waals surface area contributed by atoms with Gasteiger partial charge in [0.05, 0.1) is 12.3 Å². The maximum absolute atomic E-state index is 12.8. The van der Waals surface area contributed by atoms with E-state index in [-0.39, 0.29) is 11.9 Å². The molecule has 1 aliphatic rings. The summed E-state index contributed by atoms with van der Waals surface area (Å²) >= 11 is 0. The molecule has 0 aliphatic heterocycles. The third-order valence-corrected chi connectivity index (χ3v) is 4.58. The quantitative estimate of drug-likeness (QED) is 0.738. The Labute approximate surface area is 143 Å². The Balaban J connectivity index is 1.59. The van der Waals surface area contributed by atoms with Crippen molar-refractivity contribution in [3.05, 3.63) is 30.6 Å². The van der Waals surface area contributed by atoms with Crippen LogP contribution in [0.4, 0.5) is 0 Å². The Morgan fingerprint density at radius 3 is 2.88 bits per heavy atom. The topological polar surface area (TPSA) is 111 Å². The van der Waals surface area contributed by atoms with Gasteiger partial charge in [0.15, 0.2) is 5.69 Å². The summed E-state index contributed by atoms with van der Waals surface area (Å²) in [5.74, 6) is 0.165. The molecule has 1 saturated carbocycles. The number of carbonyl (C=O) groups excluding carboxylic acids is 1. The Morgan fingerprint density at radius 2 is 2.16 bits per heavy atom. The molecule has 9 heteroatoms. The SMILES string of the molecule is COC1CCC(NC(=O)c2nc(-n3ccnc3)nc3cn[nH]c23)CC1. The highest BCUT2D eigenvalue weighted by Crippen LogP contribution is 2.21. The second-order valence-corrected chi connectivity index (χ2v) is 6.16. The number of rotatable bonds is 4. The smallest absolute Gasteiger partial charge is 0.272 e. The number of carbonyl (C=O) groups is 1. The summed E-state index contributed by atoms with van der Waals surface area (Å²) in [6, 6.07) is 0.128. The molecule has 0 bridgehead atoms. The zero-order chi connectivity index (χ0) is 17.2. The van der Waals surface area contributed by atoms with Gasteiger partial charge in [-0.05, 0) is 25.7 Å². The first-order chi connectivity index (χ1) is 12.2. The number of fused-ring (bicyclic) bond motifs is 1. The molecule has 0 saturated heterocycles. The van der Waals surface area contributed by atoms with E-state index in [1.165, 1.54) is 0 Å². The number of hydrogen-bond donors (Lipinski definition) is 2. The van der Waals surface area contributed by atoms with Gasteiger partial charge in [-0.2, -0.15) is 5.10 Å². The highest BCUT2D eigenvalue weighted by atomic mass is 16.5. The van der Waals surface area contributed by atoms with Crippen LogP contribution in [-0.2, 0) is 4.74 Å². The van der Waals surface area contributed by atoms with Crippen LogP contribution in [0, 0.1) is 0 Å². The Kier molecular flexibility index (Phi) is 4.14. The van der Waals surface area contributed by atoms with E-state index in [0.29, 0.717) is 28.8 Å². The molecule has 3 heterocycles. The lowest BCUT2D eigenvalue weighted by Crippen LogP contribution is -2.39. The first-order valence-electron chi connectivity index (χ1n) is 8.27. The van der Waals surface area contributed by atoms with Crippen molar-refractivity contribution in [1.82, 2.24) is 35.0 Å². The molecule has 25 heavy (non-hydrogen) atoms. The van der Waals surface area contributed by atoms with Crippen molar-refractivity contribution in [2.75, 3.05) is 7.11 Å². The largest absolute Gasteiger partial charge is 0.381 e. The molecular formula is C16H19N7O2. The second kappa shape index (κ2) is 6.60. The average molecular weight is 341 g/mol. The molecule has 130 valence electrons. The molecule has 0 atom stereocenters. The third-order valence-electron chi connectivity index (χ3n) is 4.58. The minimum absolute atomic E-state index is 0.128. The van der Waals surface area contributed by atoms with Crippen LogP contribution in [0.5, 0.6) is 0 Å². The number of nitrogens with one attached hydrogen (secondary N) is 2. The normalized spacial score (nSPS) is 20.7. The maximum Gasteiger partial charge on any atom is 0.272 e. The highest BCUT2D eigenvalue weighted by Gasteiger charge is 2.24. The molecule has 2 N–H and O–H groups in total. The van der Waals surface area contributed by atoms with E-state index in [1.54, 1.807) is 36.6 Å². The van der Waals surface area contributed by atoms with E-state index in [4.69, 9.17) is 4.74 Å². The van der Waals surface area contributed by atoms with Crippen molar-refractivity contribution in [3.8, 4) is 5.95 Å². The van der Waals surface area contributed by atoms with Crippen molar-refractivity contribution in [1.29, 1.82) is 0 Å². The lowest BCUT2D eigenvalue weighted by atomic mass is 9.93.